The normalized spacial score (nSPS) is 12.5. The SMILES string of the molecule is COc1ccc(C)cc1-n1c(SCC(=O)c2ccc3c(c2)CC(=O)N3)nnc1-c1cccs1. The lowest BCUT2D eigenvalue weighted by Crippen LogP contribution is -2.06. The number of ketones is 1. The molecule has 0 bridgehead atoms. The molecule has 33 heavy (non-hydrogen) atoms. The fourth-order valence-corrected chi connectivity index (χ4v) is 5.27. The fraction of sp³-hybridized carbons (Fsp3) is 0.167. The van der Waals surface area contributed by atoms with Gasteiger partial charge in [-0.1, -0.05) is 23.9 Å². The largest absolute Gasteiger partial charge is 0.495 e. The summed E-state index contributed by atoms with van der Waals surface area (Å²) >= 11 is 2.90. The Morgan fingerprint density at radius 2 is 2.09 bits per heavy atom. The molecular formula is C24H20N4O3S2. The van der Waals surface area contributed by atoms with Gasteiger partial charge in [-0.15, -0.1) is 21.5 Å². The molecule has 0 saturated heterocycles. The summed E-state index contributed by atoms with van der Waals surface area (Å²) in [7, 11) is 1.63. The van der Waals surface area contributed by atoms with Gasteiger partial charge in [-0.2, -0.15) is 0 Å². The minimum atomic E-state index is -0.0507. The van der Waals surface area contributed by atoms with Crippen LogP contribution in [0.25, 0.3) is 16.4 Å². The molecular weight excluding hydrogens is 456 g/mol. The number of methoxy groups -OCH3 is 1. The number of aromatic nitrogens is 3. The van der Waals surface area contributed by atoms with E-state index in [2.05, 4.69) is 15.5 Å². The number of ether oxygens (including phenoxy) is 1. The van der Waals surface area contributed by atoms with Crippen LogP contribution in [0.5, 0.6) is 5.75 Å². The summed E-state index contributed by atoms with van der Waals surface area (Å²) in [6, 6.07) is 15.2. The Kier molecular flexibility index (Phi) is 5.74. The van der Waals surface area contributed by atoms with Crippen LogP contribution in [0.2, 0.25) is 0 Å². The molecule has 0 radical (unpaired) electrons. The second kappa shape index (κ2) is 8.84. The third kappa shape index (κ3) is 4.17. The highest BCUT2D eigenvalue weighted by atomic mass is 32.2. The number of hydrogen-bond acceptors (Lipinski definition) is 7. The molecule has 1 aliphatic rings. The maximum absolute atomic E-state index is 13.0. The fourth-order valence-electron chi connectivity index (χ4n) is 3.74. The molecule has 7 nitrogen and oxygen atoms in total. The van der Waals surface area contributed by atoms with Crippen LogP contribution in [0.1, 0.15) is 21.5 Å². The van der Waals surface area contributed by atoms with Crippen molar-refractivity contribution in [2.45, 2.75) is 18.5 Å². The Hall–Kier alpha value is -3.43. The van der Waals surface area contributed by atoms with Gasteiger partial charge in [-0.25, -0.2) is 0 Å². The Balaban J connectivity index is 1.47. The number of thiophene rings is 1. The average molecular weight is 477 g/mol. The van der Waals surface area contributed by atoms with Crippen LogP contribution in [0.3, 0.4) is 0 Å². The molecule has 166 valence electrons. The van der Waals surface area contributed by atoms with Crippen LogP contribution in [-0.2, 0) is 11.2 Å². The zero-order chi connectivity index (χ0) is 22.9. The lowest BCUT2D eigenvalue weighted by Gasteiger charge is -2.14. The maximum Gasteiger partial charge on any atom is 0.228 e. The molecule has 0 aliphatic carbocycles. The predicted molar refractivity (Wildman–Crippen MR) is 130 cm³/mol. The molecule has 4 aromatic rings. The number of hydrogen-bond donors (Lipinski definition) is 1. The number of benzene rings is 2. The summed E-state index contributed by atoms with van der Waals surface area (Å²) in [4.78, 5) is 25.5. The van der Waals surface area contributed by atoms with E-state index in [-0.39, 0.29) is 17.4 Å². The van der Waals surface area contributed by atoms with Gasteiger partial charge in [0.05, 0.1) is 29.8 Å². The van der Waals surface area contributed by atoms with Crippen LogP contribution >= 0.6 is 23.1 Å². The highest BCUT2D eigenvalue weighted by molar-refractivity contribution is 7.99. The van der Waals surface area contributed by atoms with Crippen molar-refractivity contribution in [2.24, 2.45) is 0 Å². The summed E-state index contributed by atoms with van der Waals surface area (Å²) in [6.45, 7) is 2.02. The lowest BCUT2D eigenvalue weighted by molar-refractivity contribution is -0.115. The van der Waals surface area contributed by atoms with Crippen LogP contribution in [0, 0.1) is 6.92 Å². The number of nitrogens with one attached hydrogen (secondary N) is 1. The first-order valence-corrected chi connectivity index (χ1v) is 12.1. The van der Waals surface area contributed by atoms with E-state index >= 15 is 0 Å². The van der Waals surface area contributed by atoms with Crippen molar-refractivity contribution in [2.75, 3.05) is 18.2 Å². The average Bonchev–Trinajstić information content (AvgIpc) is 3.55. The van der Waals surface area contributed by atoms with Crippen LogP contribution in [0.15, 0.2) is 59.1 Å². The summed E-state index contributed by atoms with van der Waals surface area (Å²) in [5, 5.41) is 14.2. The third-order valence-electron chi connectivity index (χ3n) is 5.33. The third-order valence-corrected chi connectivity index (χ3v) is 7.13. The number of fused-ring (bicyclic) bond motifs is 1. The predicted octanol–water partition coefficient (Wildman–Crippen LogP) is 4.78. The van der Waals surface area contributed by atoms with Crippen LogP contribution in [0.4, 0.5) is 5.69 Å². The van der Waals surface area contributed by atoms with E-state index in [4.69, 9.17) is 4.74 Å². The monoisotopic (exact) mass is 476 g/mol. The van der Waals surface area contributed by atoms with Crippen molar-refractivity contribution in [3.05, 3.63) is 70.6 Å². The number of carbonyl (C=O) groups is 2. The first kappa shape index (κ1) is 21.4. The number of aryl methyl sites for hydroxylation is 1. The number of amides is 1. The molecule has 5 rings (SSSR count). The van der Waals surface area contributed by atoms with Crippen molar-refractivity contribution in [3.63, 3.8) is 0 Å². The summed E-state index contributed by atoms with van der Waals surface area (Å²) in [5.41, 5.74) is 4.10. The molecule has 1 N–H and O–H groups in total. The Bertz CT molecular complexity index is 1360. The zero-order valence-electron chi connectivity index (χ0n) is 18.0. The van der Waals surface area contributed by atoms with Crippen molar-refractivity contribution < 1.29 is 14.3 Å². The van der Waals surface area contributed by atoms with E-state index in [9.17, 15) is 9.59 Å². The highest BCUT2D eigenvalue weighted by Gasteiger charge is 2.22. The molecule has 0 unspecified atom stereocenters. The van der Waals surface area contributed by atoms with Gasteiger partial charge in [-0.05, 0) is 59.8 Å². The van der Waals surface area contributed by atoms with Crippen LogP contribution in [-0.4, -0.2) is 39.3 Å². The maximum atomic E-state index is 13.0. The van der Waals surface area contributed by atoms with E-state index in [0.717, 1.165) is 27.4 Å². The van der Waals surface area contributed by atoms with Gasteiger partial charge in [0.15, 0.2) is 16.8 Å². The molecule has 0 fully saturated rings. The minimum Gasteiger partial charge on any atom is -0.495 e. The Labute approximate surface area is 198 Å². The number of rotatable bonds is 7. The van der Waals surface area contributed by atoms with Crippen molar-refractivity contribution in [3.8, 4) is 22.1 Å². The number of nitrogens with zero attached hydrogens (tertiary/aromatic N) is 3. The van der Waals surface area contributed by atoms with E-state index in [1.54, 1.807) is 36.6 Å². The molecule has 0 atom stereocenters. The first-order valence-electron chi connectivity index (χ1n) is 10.3. The van der Waals surface area contributed by atoms with E-state index < -0.39 is 0 Å². The number of carbonyl (C=O) groups excluding carboxylic acids is 2. The van der Waals surface area contributed by atoms with Crippen molar-refractivity contribution >= 4 is 40.5 Å². The second-order valence-electron chi connectivity index (χ2n) is 7.60. The molecule has 0 saturated carbocycles. The van der Waals surface area contributed by atoms with E-state index in [1.165, 1.54) is 11.8 Å². The number of anilines is 1. The topological polar surface area (TPSA) is 86.1 Å². The Morgan fingerprint density at radius 3 is 2.88 bits per heavy atom. The van der Waals surface area contributed by atoms with E-state index in [1.807, 2.05) is 47.2 Å². The van der Waals surface area contributed by atoms with Gasteiger partial charge in [0.25, 0.3) is 0 Å². The summed E-state index contributed by atoms with van der Waals surface area (Å²) < 4.78 is 7.56. The second-order valence-corrected chi connectivity index (χ2v) is 9.49. The number of Topliss-reactive ketones (excluding diaryl/α,β-unsaturated/α-hetero) is 1. The molecule has 1 amide bonds. The molecule has 9 heteroatoms. The lowest BCUT2D eigenvalue weighted by atomic mass is 10.1. The zero-order valence-corrected chi connectivity index (χ0v) is 19.6. The number of thioether (sulfide) groups is 1. The molecule has 0 spiro atoms. The quantitative estimate of drug-likeness (QED) is 0.305. The van der Waals surface area contributed by atoms with Gasteiger partial charge < -0.3 is 10.1 Å². The summed E-state index contributed by atoms with van der Waals surface area (Å²) in [6.07, 6.45) is 0.301. The first-order chi connectivity index (χ1) is 16.0. The molecule has 2 aromatic heterocycles. The molecule has 2 aromatic carbocycles. The van der Waals surface area contributed by atoms with Crippen molar-refractivity contribution in [1.29, 1.82) is 0 Å². The van der Waals surface area contributed by atoms with Gasteiger partial charge in [0, 0.05) is 11.3 Å². The van der Waals surface area contributed by atoms with Gasteiger partial charge in [-0.3, -0.25) is 14.2 Å². The van der Waals surface area contributed by atoms with Crippen molar-refractivity contribution in [1.82, 2.24) is 14.8 Å². The van der Waals surface area contributed by atoms with Gasteiger partial charge in [0.2, 0.25) is 5.91 Å². The highest BCUT2D eigenvalue weighted by Crippen LogP contribution is 2.35. The summed E-state index contributed by atoms with van der Waals surface area (Å²) in [5.74, 6) is 1.50. The minimum absolute atomic E-state index is 0.0365. The van der Waals surface area contributed by atoms with Gasteiger partial charge >= 0.3 is 0 Å². The smallest absolute Gasteiger partial charge is 0.228 e. The Morgan fingerprint density at radius 1 is 1.21 bits per heavy atom. The molecule has 1 aliphatic heterocycles. The standard InChI is InChI=1S/C24H20N4O3S2/c1-14-5-8-20(31-2)18(10-14)28-23(21-4-3-9-32-21)26-27-24(28)33-13-19(29)15-6-7-17-16(11-15)12-22(30)25-17/h3-11H,12-13H2,1-2H3,(H,25,30). The molecule has 3 heterocycles. The van der Waals surface area contributed by atoms with Gasteiger partial charge in [0.1, 0.15) is 5.75 Å². The van der Waals surface area contributed by atoms with Crippen LogP contribution < -0.4 is 10.1 Å². The van der Waals surface area contributed by atoms with E-state index in [0.29, 0.717) is 28.7 Å².